The maximum absolute atomic E-state index is 13.3. The van der Waals surface area contributed by atoms with Crippen LogP contribution in [0.1, 0.15) is 13.8 Å². The Morgan fingerprint density at radius 1 is 1.13 bits per heavy atom. The standard InChI is InChI=1S/C23H23ClN2O4/c1-14-11-26(12-15(2)29-14)13-20(27)25-23-21(16-6-4-3-5-7-16)22(28)18-10-17(24)8-9-19(18)30-23/h3-10,14-15H,11-13H2,1-2H3,(H,25,27)/t14-,15-/m0/s1. The van der Waals surface area contributed by atoms with Crippen molar-refractivity contribution >= 4 is 34.4 Å². The second-order valence-corrected chi connectivity index (χ2v) is 8.08. The smallest absolute Gasteiger partial charge is 0.240 e. The normalized spacial score (nSPS) is 19.7. The summed E-state index contributed by atoms with van der Waals surface area (Å²) < 4.78 is 11.7. The molecule has 2 atom stereocenters. The van der Waals surface area contributed by atoms with Crippen LogP contribution in [0.5, 0.6) is 0 Å². The minimum absolute atomic E-state index is 0.0600. The molecule has 0 aliphatic carbocycles. The Morgan fingerprint density at radius 2 is 1.83 bits per heavy atom. The Morgan fingerprint density at radius 3 is 2.53 bits per heavy atom. The number of benzene rings is 2. The zero-order valence-corrected chi connectivity index (χ0v) is 17.6. The monoisotopic (exact) mass is 426 g/mol. The van der Waals surface area contributed by atoms with Gasteiger partial charge in [0.05, 0.1) is 29.7 Å². The van der Waals surface area contributed by atoms with Crippen molar-refractivity contribution in [1.29, 1.82) is 0 Å². The number of morpholine rings is 1. The zero-order valence-electron chi connectivity index (χ0n) is 16.9. The van der Waals surface area contributed by atoms with Crippen LogP contribution in [0, 0.1) is 0 Å². The molecule has 156 valence electrons. The summed E-state index contributed by atoms with van der Waals surface area (Å²) >= 11 is 6.08. The number of amides is 1. The van der Waals surface area contributed by atoms with E-state index >= 15 is 0 Å². The van der Waals surface area contributed by atoms with Crippen LogP contribution in [0.15, 0.2) is 57.7 Å². The minimum atomic E-state index is -0.245. The number of hydrogen-bond acceptors (Lipinski definition) is 5. The third-order valence-electron chi connectivity index (χ3n) is 5.03. The van der Waals surface area contributed by atoms with E-state index in [1.54, 1.807) is 18.2 Å². The first-order valence-electron chi connectivity index (χ1n) is 9.90. The van der Waals surface area contributed by atoms with Crippen molar-refractivity contribution in [1.82, 2.24) is 4.90 Å². The molecule has 1 fully saturated rings. The highest BCUT2D eigenvalue weighted by atomic mass is 35.5. The molecule has 2 heterocycles. The molecule has 7 heteroatoms. The number of anilines is 1. The van der Waals surface area contributed by atoms with E-state index in [4.69, 9.17) is 20.8 Å². The van der Waals surface area contributed by atoms with Crippen LogP contribution in [0.4, 0.5) is 5.88 Å². The lowest BCUT2D eigenvalue weighted by Gasteiger charge is -2.34. The van der Waals surface area contributed by atoms with Gasteiger partial charge in [-0.3, -0.25) is 19.8 Å². The second kappa shape index (κ2) is 8.60. The van der Waals surface area contributed by atoms with Gasteiger partial charge in [-0.2, -0.15) is 0 Å². The maximum Gasteiger partial charge on any atom is 0.240 e. The first kappa shape index (κ1) is 20.6. The Kier molecular flexibility index (Phi) is 5.90. The molecule has 30 heavy (non-hydrogen) atoms. The third-order valence-corrected chi connectivity index (χ3v) is 5.27. The van der Waals surface area contributed by atoms with Crippen LogP contribution >= 0.6 is 11.6 Å². The number of ether oxygens (including phenoxy) is 1. The number of carbonyl (C=O) groups is 1. The Labute approximate surface area is 179 Å². The predicted molar refractivity (Wildman–Crippen MR) is 118 cm³/mol. The maximum atomic E-state index is 13.3. The van der Waals surface area contributed by atoms with E-state index in [0.717, 1.165) is 0 Å². The SMILES string of the molecule is C[C@H]1CN(CC(=O)Nc2oc3ccc(Cl)cc3c(=O)c2-c2ccccc2)C[C@H](C)O1. The van der Waals surface area contributed by atoms with Gasteiger partial charge in [0.25, 0.3) is 0 Å². The van der Waals surface area contributed by atoms with E-state index in [-0.39, 0.29) is 36.0 Å². The molecule has 1 aromatic heterocycles. The van der Waals surface area contributed by atoms with Gasteiger partial charge in [0.1, 0.15) is 5.58 Å². The molecule has 3 aromatic rings. The number of nitrogens with one attached hydrogen (secondary N) is 1. The molecule has 1 amide bonds. The van der Waals surface area contributed by atoms with E-state index < -0.39 is 0 Å². The largest absolute Gasteiger partial charge is 0.439 e. The molecule has 6 nitrogen and oxygen atoms in total. The lowest BCUT2D eigenvalue weighted by atomic mass is 10.0. The van der Waals surface area contributed by atoms with Crippen molar-refractivity contribution < 1.29 is 13.9 Å². The predicted octanol–water partition coefficient (Wildman–Crippen LogP) is 4.16. The average Bonchev–Trinajstić information content (AvgIpc) is 2.68. The van der Waals surface area contributed by atoms with Gasteiger partial charge < -0.3 is 9.15 Å². The highest BCUT2D eigenvalue weighted by Gasteiger charge is 2.25. The molecule has 0 radical (unpaired) electrons. The van der Waals surface area contributed by atoms with Gasteiger partial charge in [0.2, 0.25) is 17.2 Å². The summed E-state index contributed by atoms with van der Waals surface area (Å²) in [5.74, 6) is -0.106. The zero-order chi connectivity index (χ0) is 21.3. The summed E-state index contributed by atoms with van der Waals surface area (Å²) in [5, 5.41) is 3.63. The molecule has 0 unspecified atom stereocenters. The average molecular weight is 427 g/mol. The van der Waals surface area contributed by atoms with Gasteiger partial charge in [0.15, 0.2) is 0 Å². The van der Waals surface area contributed by atoms with Crippen molar-refractivity contribution in [2.24, 2.45) is 0 Å². The van der Waals surface area contributed by atoms with Crippen molar-refractivity contribution in [2.75, 3.05) is 25.0 Å². The molecular weight excluding hydrogens is 404 g/mol. The number of rotatable bonds is 4. The van der Waals surface area contributed by atoms with Crippen LogP contribution < -0.4 is 10.7 Å². The summed E-state index contributed by atoms with van der Waals surface area (Å²) in [7, 11) is 0. The van der Waals surface area contributed by atoms with Crippen molar-refractivity contribution in [3.05, 3.63) is 63.8 Å². The lowest BCUT2D eigenvalue weighted by molar-refractivity contribution is -0.121. The molecule has 0 spiro atoms. The van der Waals surface area contributed by atoms with Crippen LogP contribution in [-0.4, -0.2) is 42.6 Å². The highest BCUT2D eigenvalue weighted by Crippen LogP contribution is 2.29. The van der Waals surface area contributed by atoms with Crippen LogP contribution in [-0.2, 0) is 9.53 Å². The van der Waals surface area contributed by atoms with E-state index in [1.807, 2.05) is 49.1 Å². The van der Waals surface area contributed by atoms with Crippen molar-refractivity contribution in [3.63, 3.8) is 0 Å². The van der Waals surface area contributed by atoms with Gasteiger partial charge in [-0.15, -0.1) is 0 Å². The van der Waals surface area contributed by atoms with Crippen LogP contribution in [0.2, 0.25) is 5.02 Å². The van der Waals surface area contributed by atoms with Gasteiger partial charge in [-0.1, -0.05) is 41.9 Å². The molecule has 1 saturated heterocycles. The Hall–Kier alpha value is -2.67. The fourth-order valence-electron chi connectivity index (χ4n) is 3.91. The Balaban J connectivity index is 1.70. The number of fused-ring (bicyclic) bond motifs is 1. The van der Waals surface area contributed by atoms with Crippen molar-refractivity contribution in [3.8, 4) is 11.1 Å². The third kappa shape index (κ3) is 4.41. The summed E-state index contributed by atoms with van der Waals surface area (Å²) in [5.41, 5.74) is 1.10. The summed E-state index contributed by atoms with van der Waals surface area (Å²) in [4.78, 5) is 28.1. The quantitative estimate of drug-likeness (QED) is 0.678. The number of carbonyl (C=O) groups excluding carboxylic acids is 1. The van der Waals surface area contributed by atoms with Gasteiger partial charge >= 0.3 is 0 Å². The van der Waals surface area contributed by atoms with Gasteiger partial charge in [0, 0.05) is 18.1 Å². The highest BCUT2D eigenvalue weighted by molar-refractivity contribution is 6.31. The van der Waals surface area contributed by atoms with E-state index in [2.05, 4.69) is 5.32 Å². The number of hydrogen-bond donors (Lipinski definition) is 1. The Bertz CT molecular complexity index is 1120. The topological polar surface area (TPSA) is 71.8 Å². The number of halogens is 1. The van der Waals surface area contributed by atoms with Crippen LogP contribution in [0.3, 0.4) is 0 Å². The van der Waals surface area contributed by atoms with E-state index in [0.29, 0.717) is 40.2 Å². The fourth-order valence-corrected chi connectivity index (χ4v) is 4.08. The summed E-state index contributed by atoms with van der Waals surface area (Å²) in [6.45, 7) is 5.50. The number of nitrogens with zero attached hydrogens (tertiary/aromatic N) is 1. The summed E-state index contributed by atoms with van der Waals surface area (Å²) in [6, 6.07) is 14.0. The van der Waals surface area contributed by atoms with Crippen molar-refractivity contribution in [2.45, 2.75) is 26.1 Å². The van der Waals surface area contributed by atoms with E-state index in [9.17, 15) is 9.59 Å². The minimum Gasteiger partial charge on any atom is -0.439 e. The molecule has 0 bridgehead atoms. The molecule has 2 aromatic carbocycles. The molecule has 4 rings (SSSR count). The molecular formula is C23H23ClN2O4. The lowest BCUT2D eigenvalue weighted by Crippen LogP contribution is -2.48. The molecule has 0 saturated carbocycles. The second-order valence-electron chi connectivity index (χ2n) is 7.64. The fraction of sp³-hybridized carbons (Fsp3) is 0.304. The molecule has 1 aliphatic rings. The molecule has 1 N–H and O–H groups in total. The summed E-state index contributed by atoms with van der Waals surface area (Å²) in [6.07, 6.45) is 0.120. The van der Waals surface area contributed by atoms with E-state index in [1.165, 1.54) is 0 Å². The van der Waals surface area contributed by atoms with Crippen LogP contribution in [0.25, 0.3) is 22.1 Å². The van der Waals surface area contributed by atoms with Gasteiger partial charge in [-0.05, 0) is 37.6 Å². The van der Waals surface area contributed by atoms with Gasteiger partial charge in [-0.25, -0.2) is 0 Å². The first-order valence-corrected chi connectivity index (χ1v) is 10.3. The molecule has 1 aliphatic heterocycles. The first-order chi connectivity index (χ1) is 14.4.